The van der Waals surface area contributed by atoms with Crippen molar-refractivity contribution in [3.05, 3.63) is 42.2 Å². The van der Waals surface area contributed by atoms with Gasteiger partial charge in [-0.15, -0.1) is 0 Å². The number of nitrogens with zero attached hydrogens (tertiary/aromatic N) is 2. The first kappa shape index (κ1) is 15.1. The van der Waals surface area contributed by atoms with E-state index in [0.29, 0.717) is 11.4 Å². The summed E-state index contributed by atoms with van der Waals surface area (Å²) in [6.45, 7) is 3.75. The van der Waals surface area contributed by atoms with E-state index in [2.05, 4.69) is 10.4 Å². The standard InChI is InChI=1S/C15H20N4O2/c1-10(9-20)11(2)17-15(21)13-7-8-19(18-13)14-6-4-3-5-12(14)16/h3-8,10-11,20H,9,16H2,1-2H3,(H,17,21). The van der Waals surface area contributed by atoms with Crippen LogP contribution in [0.2, 0.25) is 0 Å². The number of benzene rings is 1. The highest BCUT2D eigenvalue weighted by atomic mass is 16.3. The van der Waals surface area contributed by atoms with Gasteiger partial charge in [0.05, 0.1) is 11.4 Å². The molecule has 2 aromatic rings. The molecule has 2 unspecified atom stereocenters. The smallest absolute Gasteiger partial charge is 0.272 e. The first-order valence-corrected chi connectivity index (χ1v) is 6.85. The van der Waals surface area contributed by atoms with Crippen LogP contribution in [0.5, 0.6) is 0 Å². The molecule has 2 rings (SSSR count). The number of para-hydroxylation sites is 2. The van der Waals surface area contributed by atoms with E-state index < -0.39 is 0 Å². The number of hydrogen-bond acceptors (Lipinski definition) is 4. The SMILES string of the molecule is CC(CO)C(C)NC(=O)c1ccn(-c2ccccc2N)n1. The summed E-state index contributed by atoms with van der Waals surface area (Å²) in [7, 11) is 0. The molecule has 2 atom stereocenters. The Balaban J connectivity index is 2.13. The predicted octanol–water partition coefficient (Wildman–Crippen LogP) is 1.20. The van der Waals surface area contributed by atoms with Crippen molar-refractivity contribution in [1.82, 2.24) is 15.1 Å². The van der Waals surface area contributed by atoms with Crippen LogP contribution < -0.4 is 11.1 Å². The van der Waals surface area contributed by atoms with E-state index in [-0.39, 0.29) is 24.5 Å². The second-order valence-electron chi connectivity index (χ2n) is 5.13. The number of nitrogens with one attached hydrogen (secondary N) is 1. The van der Waals surface area contributed by atoms with Crippen LogP contribution in [0, 0.1) is 5.92 Å². The zero-order valence-corrected chi connectivity index (χ0v) is 12.2. The zero-order chi connectivity index (χ0) is 15.4. The second-order valence-corrected chi connectivity index (χ2v) is 5.13. The molecule has 1 aromatic heterocycles. The molecule has 0 saturated heterocycles. The Labute approximate surface area is 123 Å². The van der Waals surface area contributed by atoms with Gasteiger partial charge < -0.3 is 16.2 Å². The van der Waals surface area contributed by atoms with E-state index in [1.165, 1.54) is 0 Å². The number of nitrogens with two attached hydrogens (primary N) is 1. The molecule has 0 spiro atoms. The number of aliphatic hydroxyl groups excluding tert-OH is 1. The number of rotatable bonds is 5. The lowest BCUT2D eigenvalue weighted by Gasteiger charge is -2.18. The number of carbonyl (C=O) groups excluding carboxylic acids is 1. The Hall–Kier alpha value is -2.34. The van der Waals surface area contributed by atoms with Crippen molar-refractivity contribution in [2.75, 3.05) is 12.3 Å². The Bertz CT molecular complexity index is 624. The Morgan fingerprint density at radius 2 is 2.10 bits per heavy atom. The van der Waals surface area contributed by atoms with Crippen LogP contribution in [0.25, 0.3) is 5.69 Å². The predicted molar refractivity (Wildman–Crippen MR) is 81.2 cm³/mol. The molecule has 6 nitrogen and oxygen atoms in total. The van der Waals surface area contributed by atoms with Crippen LogP contribution in [0.15, 0.2) is 36.5 Å². The number of aromatic nitrogens is 2. The lowest BCUT2D eigenvalue weighted by Crippen LogP contribution is -2.38. The molecule has 1 heterocycles. The third-order valence-corrected chi connectivity index (χ3v) is 3.51. The molecule has 4 N–H and O–H groups in total. The van der Waals surface area contributed by atoms with Gasteiger partial charge in [-0.1, -0.05) is 19.1 Å². The minimum Gasteiger partial charge on any atom is -0.397 e. The largest absolute Gasteiger partial charge is 0.397 e. The maximum atomic E-state index is 12.1. The van der Waals surface area contributed by atoms with Crippen LogP contribution in [0.4, 0.5) is 5.69 Å². The topological polar surface area (TPSA) is 93.2 Å². The van der Waals surface area contributed by atoms with Crippen LogP contribution in [-0.2, 0) is 0 Å². The number of aliphatic hydroxyl groups is 1. The molecule has 0 saturated carbocycles. The fourth-order valence-electron chi connectivity index (χ4n) is 1.86. The molecule has 0 fully saturated rings. The third-order valence-electron chi connectivity index (χ3n) is 3.51. The normalized spacial score (nSPS) is 13.7. The lowest BCUT2D eigenvalue weighted by atomic mass is 10.1. The molecule has 0 aliphatic rings. The van der Waals surface area contributed by atoms with E-state index in [9.17, 15) is 4.79 Å². The summed E-state index contributed by atoms with van der Waals surface area (Å²) in [5.74, 6) is -0.281. The molecule has 21 heavy (non-hydrogen) atoms. The maximum absolute atomic E-state index is 12.1. The highest BCUT2D eigenvalue weighted by molar-refractivity contribution is 5.92. The van der Waals surface area contributed by atoms with E-state index in [1.54, 1.807) is 23.0 Å². The van der Waals surface area contributed by atoms with Gasteiger partial charge in [0.25, 0.3) is 5.91 Å². The van der Waals surface area contributed by atoms with Gasteiger partial charge in [-0.25, -0.2) is 4.68 Å². The van der Waals surface area contributed by atoms with Crippen molar-refractivity contribution < 1.29 is 9.90 Å². The lowest BCUT2D eigenvalue weighted by molar-refractivity contribution is 0.0911. The quantitative estimate of drug-likeness (QED) is 0.721. The molecule has 1 amide bonds. The molecule has 1 aromatic carbocycles. The van der Waals surface area contributed by atoms with Crippen LogP contribution in [0.1, 0.15) is 24.3 Å². The summed E-state index contributed by atoms with van der Waals surface area (Å²) >= 11 is 0. The molecule has 112 valence electrons. The molecule has 0 radical (unpaired) electrons. The number of nitrogen functional groups attached to an aromatic ring is 1. The Kier molecular flexibility index (Phi) is 4.59. The first-order valence-electron chi connectivity index (χ1n) is 6.85. The summed E-state index contributed by atoms with van der Waals surface area (Å²) in [6.07, 6.45) is 1.70. The monoisotopic (exact) mass is 288 g/mol. The number of anilines is 1. The minimum absolute atomic E-state index is 0.0131. The van der Waals surface area contributed by atoms with Gasteiger partial charge in [-0.2, -0.15) is 5.10 Å². The van der Waals surface area contributed by atoms with Crippen molar-refractivity contribution in [2.45, 2.75) is 19.9 Å². The van der Waals surface area contributed by atoms with E-state index in [1.807, 2.05) is 32.0 Å². The van der Waals surface area contributed by atoms with Gasteiger partial charge in [0, 0.05) is 18.8 Å². The third kappa shape index (κ3) is 3.41. The van der Waals surface area contributed by atoms with Gasteiger partial charge in [0.1, 0.15) is 0 Å². The maximum Gasteiger partial charge on any atom is 0.272 e. The fraction of sp³-hybridized carbons (Fsp3) is 0.333. The average molecular weight is 288 g/mol. The Morgan fingerprint density at radius 1 is 1.38 bits per heavy atom. The van der Waals surface area contributed by atoms with Crippen molar-refractivity contribution in [1.29, 1.82) is 0 Å². The highest BCUT2D eigenvalue weighted by Crippen LogP contribution is 2.15. The van der Waals surface area contributed by atoms with Crippen LogP contribution in [-0.4, -0.2) is 33.4 Å². The number of amides is 1. The summed E-state index contributed by atoms with van der Waals surface area (Å²) in [5, 5.41) is 16.1. The summed E-state index contributed by atoms with van der Waals surface area (Å²) in [6, 6.07) is 8.82. The van der Waals surface area contributed by atoms with Crippen LogP contribution >= 0.6 is 0 Å². The molecular weight excluding hydrogens is 268 g/mol. The fourth-order valence-corrected chi connectivity index (χ4v) is 1.86. The second kappa shape index (κ2) is 6.41. The molecule has 6 heteroatoms. The number of hydrogen-bond donors (Lipinski definition) is 3. The summed E-state index contributed by atoms with van der Waals surface area (Å²) in [5.41, 5.74) is 7.52. The van der Waals surface area contributed by atoms with Gasteiger partial charge >= 0.3 is 0 Å². The van der Waals surface area contributed by atoms with E-state index >= 15 is 0 Å². The zero-order valence-electron chi connectivity index (χ0n) is 12.2. The van der Waals surface area contributed by atoms with Gasteiger partial charge in [-0.05, 0) is 31.0 Å². The van der Waals surface area contributed by atoms with E-state index in [4.69, 9.17) is 10.8 Å². The van der Waals surface area contributed by atoms with Gasteiger partial charge in [0.15, 0.2) is 5.69 Å². The first-order chi connectivity index (χ1) is 10.0. The van der Waals surface area contributed by atoms with Crippen LogP contribution in [0.3, 0.4) is 0 Å². The number of carbonyl (C=O) groups is 1. The summed E-state index contributed by atoms with van der Waals surface area (Å²) < 4.78 is 1.57. The van der Waals surface area contributed by atoms with E-state index in [0.717, 1.165) is 5.69 Å². The average Bonchev–Trinajstić information content (AvgIpc) is 2.96. The molecule has 0 aliphatic heterocycles. The van der Waals surface area contributed by atoms with Crippen molar-refractivity contribution in [3.8, 4) is 5.69 Å². The molecule has 0 bridgehead atoms. The summed E-state index contributed by atoms with van der Waals surface area (Å²) in [4.78, 5) is 12.1. The highest BCUT2D eigenvalue weighted by Gasteiger charge is 2.17. The van der Waals surface area contributed by atoms with Gasteiger partial charge in [-0.3, -0.25) is 4.79 Å². The molecule has 0 aliphatic carbocycles. The Morgan fingerprint density at radius 3 is 2.76 bits per heavy atom. The van der Waals surface area contributed by atoms with Crippen molar-refractivity contribution >= 4 is 11.6 Å². The molecular formula is C15H20N4O2. The van der Waals surface area contributed by atoms with Gasteiger partial charge in [0.2, 0.25) is 0 Å². The minimum atomic E-state index is -0.268. The van der Waals surface area contributed by atoms with Crippen molar-refractivity contribution in [2.24, 2.45) is 5.92 Å². The van der Waals surface area contributed by atoms with Crippen molar-refractivity contribution in [3.63, 3.8) is 0 Å².